The lowest BCUT2D eigenvalue weighted by Gasteiger charge is -2.08. The van der Waals surface area contributed by atoms with E-state index in [2.05, 4.69) is 86.1 Å². The Balaban J connectivity index is 1.70. The van der Waals surface area contributed by atoms with E-state index in [9.17, 15) is 0 Å². The molecule has 0 aliphatic rings. The van der Waals surface area contributed by atoms with Crippen LogP contribution >= 0.6 is 0 Å². The number of fused-ring (bicyclic) bond motifs is 1. The highest BCUT2D eigenvalue weighted by Gasteiger charge is 2.07. The summed E-state index contributed by atoms with van der Waals surface area (Å²) in [6.07, 6.45) is 2.12. The van der Waals surface area contributed by atoms with Crippen LogP contribution in [0, 0.1) is 20.8 Å². The van der Waals surface area contributed by atoms with Gasteiger partial charge >= 0.3 is 0 Å². The first-order chi connectivity index (χ1) is 11.6. The summed E-state index contributed by atoms with van der Waals surface area (Å²) in [5, 5.41) is 5.94. The van der Waals surface area contributed by atoms with Gasteiger partial charge in [0.25, 0.3) is 0 Å². The molecule has 0 saturated carbocycles. The molecule has 0 bridgehead atoms. The van der Waals surface area contributed by atoms with Crippen molar-refractivity contribution in [2.45, 2.75) is 27.3 Å². The highest BCUT2D eigenvalue weighted by Crippen LogP contribution is 2.21. The van der Waals surface area contributed by atoms with E-state index in [1.54, 1.807) is 0 Å². The van der Waals surface area contributed by atoms with Crippen LogP contribution in [-0.4, -0.2) is 14.3 Å². The zero-order valence-electron chi connectivity index (χ0n) is 14.3. The van der Waals surface area contributed by atoms with Gasteiger partial charge < -0.3 is 4.57 Å². The highest BCUT2D eigenvalue weighted by molar-refractivity contribution is 5.80. The summed E-state index contributed by atoms with van der Waals surface area (Å²) in [6, 6.07) is 19.4. The van der Waals surface area contributed by atoms with Gasteiger partial charge in [0.05, 0.1) is 12.1 Å². The first-order valence-electron chi connectivity index (χ1n) is 8.28. The Morgan fingerprint density at radius 2 is 1.54 bits per heavy atom. The second-order valence-corrected chi connectivity index (χ2v) is 6.51. The van der Waals surface area contributed by atoms with E-state index >= 15 is 0 Å². The predicted molar refractivity (Wildman–Crippen MR) is 98.8 cm³/mol. The molecule has 0 spiro atoms. The fourth-order valence-corrected chi connectivity index (χ4v) is 3.23. The van der Waals surface area contributed by atoms with Crippen LogP contribution < -0.4 is 0 Å². The van der Waals surface area contributed by atoms with Crippen molar-refractivity contribution in [1.82, 2.24) is 14.3 Å². The molecule has 0 N–H and O–H groups in total. The van der Waals surface area contributed by atoms with Crippen LogP contribution in [0.1, 0.15) is 22.5 Å². The largest absolute Gasteiger partial charge is 0.318 e. The molecule has 0 fully saturated rings. The molecule has 4 rings (SSSR count). The number of nitrogens with zero attached hydrogens (tertiary/aromatic N) is 3. The second-order valence-electron chi connectivity index (χ2n) is 6.51. The molecule has 0 aliphatic heterocycles. The van der Waals surface area contributed by atoms with Gasteiger partial charge in [-0.1, -0.05) is 29.8 Å². The van der Waals surface area contributed by atoms with Crippen molar-refractivity contribution in [2.75, 3.05) is 0 Å². The van der Waals surface area contributed by atoms with Crippen LogP contribution in [0.15, 0.2) is 60.8 Å². The molecule has 0 aliphatic carbocycles. The minimum absolute atomic E-state index is 0.797. The highest BCUT2D eigenvalue weighted by atomic mass is 15.3. The first kappa shape index (κ1) is 14.8. The van der Waals surface area contributed by atoms with E-state index in [0.29, 0.717) is 0 Å². The van der Waals surface area contributed by atoms with Crippen LogP contribution in [0.4, 0.5) is 0 Å². The molecule has 120 valence electrons. The Labute approximate surface area is 142 Å². The number of hydrogen-bond acceptors (Lipinski definition) is 1. The second kappa shape index (κ2) is 5.68. The topological polar surface area (TPSA) is 22.8 Å². The fourth-order valence-electron chi connectivity index (χ4n) is 3.23. The summed E-state index contributed by atoms with van der Waals surface area (Å²) < 4.78 is 4.28. The molecular formula is C21H21N3. The molecule has 0 atom stereocenters. The van der Waals surface area contributed by atoms with Crippen molar-refractivity contribution < 1.29 is 0 Å². The van der Waals surface area contributed by atoms with Gasteiger partial charge in [0, 0.05) is 28.7 Å². The Morgan fingerprint density at radius 3 is 2.25 bits per heavy atom. The van der Waals surface area contributed by atoms with E-state index in [-0.39, 0.29) is 0 Å². The lowest BCUT2D eigenvalue weighted by molar-refractivity contribution is 0.695. The summed E-state index contributed by atoms with van der Waals surface area (Å²) >= 11 is 0. The summed E-state index contributed by atoms with van der Waals surface area (Å²) in [6.45, 7) is 7.17. The molecule has 2 aromatic heterocycles. The third-order valence-corrected chi connectivity index (χ3v) is 4.53. The lowest BCUT2D eigenvalue weighted by Crippen LogP contribution is -2.00. The van der Waals surface area contributed by atoms with Gasteiger partial charge in [-0.05, 0) is 56.7 Å². The van der Waals surface area contributed by atoms with E-state index < -0.39 is 0 Å². The third kappa shape index (κ3) is 2.62. The van der Waals surface area contributed by atoms with E-state index in [1.165, 1.54) is 33.6 Å². The molecule has 3 heteroatoms. The zero-order chi connectivity index (χ0) is 16.7. The Kier molecular flexibility index (Phi) is 3.49. The number of aromatic nitrogens is 3. The van der Waals surface area contributed by atoms with Gasteiger partial charge in [0.1, 0.15) is 0 Å². The zero-order valence-corrected chi connectivity index (χ0v) is 14.3. The standard InChI is InChI=1S/C21H21N3/c1-15-4-8-18(9-5-15)13-23-14-19-10-11-20(12-21(19)22-23)24-16(2)6-7-17(24)3/h4-12,14H,13H2,1-3H3. The van der Waals surface area contributed by atoms with E-state index in [1.807, 2.05) is 4.68 Å². The Hall–Kier alpha value is -2.81. The van der Waals surface area contributed by atoms with Crippen LogP contribution in [0.5, 0.6) is 0 Å². The maximum Gasteiger partial charge on any atom is 0.0944 e. The van der Waals surface area contributed by atoms with Gasteiger partial charge in [0.2, 0.25) is 0 Å². The molecule has 24 heavy (non-hydrogen) atoms. The van der Waals surface area contributed by atoms with Gasteiger partial charge in [0.15, 0.2) is 0 Å². The van der Waals surface area contributed by atoms with Crippen molar-refractivity contribution in [3.63, 3.8) is 0 Å². The fraction of sp³-hybridized carbons (Fsp3) is 0.190. The summed E-state index contributed by atoms with van der Waals surface area (Å²) in [5.41, 5.74) is 7.24. The van der Waals surface area contributed by atoms with Crippen molar-refractivity contribution >= 4 is 10.9 Å². The number of hydrogen-bond donors (Lipinski definition) is 0. The lowest BCUT2D eigenvalue weighted by atomic mass is 10.1. The number of rotatable bonds is 3. The SMILES string of the molecule is Cc1ccc(Cn2cc3ccc(-n4c(C)ccc4C)cc3n2)cc1. The molecule has 0 unspecified atom stereocenters. The molecule has 2 heterocycles. The van der Waals surface area contributed by atoms with Gasteiger partial charge in [-0.2, -0.15) is 5.10 Å². The number of aryl methyl sites for hydroxylation is 3. The van der Waals surface area contributed by atoms with E-state index in [4.69, 9.17) is 5.10 Å². The molecule has 0 saturated heterocycles. The normalized spacial score (nSPS) is 11.3. The van der Waals surface area contributed by atoms with E-state index in [0.717, 1.165) is 12.1 Å². The van der Waals surface area contributed by atoms with Crippen LogP contribution in [0.25, 0.3) is 16.6 Å². The predicted octanol–water partition coefficient (Wildman–Crippen LogP) is 4.80. The number of benzene rings is 2. The molecular weight excluding hydrogens is 294 g/mol. The van der Waals surface area contributed by atoms with Crippen molar-refractivity contribution in [3.05, 3.63) is 83.3 Å². The summed E-state index contributed by atoms with van der Waals surface area (Å²) in [7, 11) is 0. The quantitative estimate of drug-likeness (QED) is 0.532. The molecule has 2 aromatic carbocycles. The third-order valence-electron chi connectivity index (χ3n) is 4.53. The summed E-state index contributed by atoms with van der Waals surface area (Å²) in [5.74, 6) is 0. The smallest absolute Gasteiger partial charge is 0.0944 e. The minimum Gasteiger partial charge on any atom is -0.318 e. The van der Waals surface area contributed by atoms with Crippen molar-refractivity contribution in [3.8, 4) is 5.69 Å². The summed E-state index contributed by atoms with van der Waals surface area (Å²) in [4.78, 5) is 0. The average molecular weight is 315 g/mol. The van der Waals surface area contributed by atoms with Gasteiger partial charge in [-0.3, -0.25) is 4.68 Å². The van der Waals surface area contributed by atoms with Gasteiger partial charge in [-0.25, -0.2) is 0 Å². The van der Waals surface area contributed by atoms with Crippen LogP contribution in [0.3, 0.4) is 0 Å². The maximum atomic E-state index is 4.76. The molecule has 0 radical (unpaired) electrons. The average Bonchev–Trinajstić information content (AvgIpc) is 3.11. The molecule has 0 amide bonds. The maximum absolute atomic E-state index is 4.76. The van der Waals surface area contributed by atoms with Crippen molar-refractivity contribution in [2.24, 2.45) is 0 Å². The Bertz CT molecular complexity index is 984. The first-order valence-corrected chi connectivity index (χ1v) is 8.28. The van der Waals surface area contributed by atoms with Crippen LogP contribution in [0.2, 0.25) is 0 Å². The van der Waals surface area contributed by atoms with Crippen molar-refractivity contribution in [1.29, 1.82) is 0 Å². The monoisotopic (exact) mass is 315 g/mol. The molecule has 3 nitrogen and oxygen atoms in total. The Morgan fingerprint density at radius 1 is 0.833 bits per heavy atom. The van der Waals surface area contributed by atoms with Gasteiger partial charge in [-0.15, -0.1) is 0 Å². The van der Waals surface area contributed by atoms with Crippen LogP contribution in [-0.2, 0) is 6.54 Å². The minimum atomic E-state index is 0.797. The molecule has 4 aromatic rings.